The Morgan fingerprint density at radius 1 is 1.44 bits per heavy atom. The van der Waals surface area contributed by atoms with Gasteiger partial charge in [-0.05, 0) is 36.1 Å². The van der Waals surface area contributed by atoms with E-state index < -0.39 is 12.1 Å². The minimum Gasteiger partial charge on any atom is -0.508 e. The van der Waals surface area contributed by atoms with Crippen molar-refractivity contribution in [1.82, 2.24) is 0 Å². The molecule has 1 aromatic carbocycles. The van der Waals surface area contributed by atoms with Crippen LogP contribution in [0.2, 0.25) is 0 Å². The summed E-state index contributed by atoms with van der Waals surface area (Å²) in [5.41, 5.74) is 1.00. The van der Waals surface area contributed by atoms with Gasteiger partial charge in [-0.15, -0.1) is 0 Å². The van der Waals surface area contributed by atoms with Crippen LogP contribution in [-0.4, -0.2) is 26.6 Å². The lowest BCUT2D eigenvalue weighted by atomic mass is 9.98. The number of aryl methyl sites for hydroxylation is 1. The van der Waals surface area contributed by atoms with Crippen LogP contribution in [-0.2, 0) is 11.2 Å². The molecule has 3 N–H and O–H groups in total. The number of carboxylic acid groups (broad SMARTS) is 1. The molecular weight excluding hydrogens is 276 g/mol. The van der Waals surface area contributed by atoms with Crippen molar-refractivity contribution in [3.63, 3.8) is 0 Å². The van der Waals surface area contributed by atoms with Crippen molar-refractivity contribution in [2.24, 2.45) is 0 Å². The second-order valence-corrected chi connectivity index (χ2v) is 4.21. The lowest BCUT2D eigenvalue weighted by molar-refractivity contribution is -0.147. The number of phenols is 1. The van der Waals surface area contributed by atoms with E-state index in [0.29, 0.717) is 6.42 Å². The molecule has 0 aliphatic rings. The first-order valence-corrected chi connectivity index (χ1v) is 5.97. The first kappa shape index (κ1) is 13.0. The number of aliphatic hydroxyl groups is 1. The molecule has 1 aromatic rings. The SMILES string of the molecule is O=C(O)C(O)c1cc(O)ccc1CCCBr. The van der Waals surface area contributed by atoms with Crippen LogP contribution in [0.25, 0.3) is 0 Å². The first-order valence-electron chi connectivity index (χ1n) is 4.85. The van der Waals surface area contributed by atoms with Crippen molar-refractivity contribution in [1.29, 1.82) is 0 Å². The number of phenolic OH excluding ortho intramolecular Hbond substituents is 1. The number of carbonyl (C=O) groups is 1. The third-order valence-corrected chi connectivity index (χ3v) is 2.80. The maximum Gasteiger partial charge on any atom is 0.337 e. The molecule has 16 heavy (non-hydrogen) atoms. The monoisotopic (exact) mass is 288 g/mol. The molecule has 0 amide bonds. The van der Waals surface area contributed by atoms with E-state index in [1.54, 1.807) is 6.07 Å². The number of alkyl halides is 1. The molecule has 0 saturated carbocycles. The Labute approximate surface area is 102 Å². The maximum atomic E-state index is 10.7. The van der Waals surface area contributed by atoms with Crippen LogP contribution < -0.4 is 0 Å². The fourth-order valence-corrected chi connectivity index (χ4v) is 1.74. The van der Waals surface area contributed by atoms with Gasteiger partial charge in [-0.25, -0.2) is 4.79 Å². The number of benzene rings is 1. The average Bonchev–Trinajstić information content (AvgIpc) is 2.26. The summed E-state index contributed by atoms with van der Waals surface area (Å²) in [6, 6.07) is 4.42. The number of aromatic hydroxyl groups is 1. The summed E-state index contributed by atoms with van der Waals surface area (Å²) in [7, 11) is 0. The van der Waals surface area contributed by atoms with E-state index in [-0.39, 0.29) is 11.3 Å². The van der Waals surface area contributed by atoms with Crippen molar-refractivity contribution >= 4 is 21.9 Å². The summed E-state index contributed by atoms with van der Waals surface area (Å²) < 4.78 is 0. The zero-order valence-corrected chi connectivity index (χ0v) is 10.1. The molecule has 88 valence electrons. The van der Waals surface area contributed by atoms with E-state index in [2.05, 4.69) is 15.9 Å². The number of carboxylic acids is 1. The highest BCUT2D eigenvalue weighted by molar-refractivity contribution is 9.09. The van der Waals surface area contributed by atoms with Crippen LogP contribution >= 0.6 is 15.9 Å². The van der Waals surface area contributed by atoms with Gasteiger partial charge in [0.15, 0.2) is 6.10 Å². The predicted octanol–water partition coefficient (Wildman–Crippen LogP) is 1.84. The third-order valence-electron chi connectivity index (χ3n) is 2.24. The summed E-state index contributed by atoms with van der Waals surface area (Å²) in [6.45, 7) is 0. The molecule has 0 aliphatic heterocycles. The van der Waals surface area contributed by atoms with Gasteiger partial charge in [0.1, 0.15) is 5.75 Å². The molecule has 0 radical (unpaired) electrons. The van der Waals surface area contributed by atoms with Gasteiger partial charge in [-0.1, -0.05) is 22.0 Å². The number of aliphatic carboxylic acids is 1. The first-order chi connectivity index (χ1) is 7.56. The highest BCUT2D eigenvalue weighted by atomic mass is 79.9. The Kier molecular flexibility index (Phi) is 4.76. The lowest BCUT2D eigenvalue weighted by Crippen LogP contribution is -2.12. The Balaban J connectivity index is 3.02. The van der Waals surface area contributed by atoms with Crippen LogP contribution in [0.4, 0.5) is 0 Å². The van der Waals surface area contributed by atoms with E-state index >= 15 is 0 Å². The zero-order chi connectivity index (χ0) is 12.1. The van der Waals surface area contributed by atoms with Crippen LogP contribution in [0.1, 0.15) is 23.7 Å². The van der Waals surface area contributed by atoms with E-state index in [0.717, 1.165) is 17.3 Å². The van der Waals surface area contributed by atoms with Crippen LogP contribution in [0.3, 0.4) is 0 Å². The molecule has 4 nitrogen and oxygen atoms in total. The Morgan fingerprint density at radius 2 is 2.12 bits per heavy atom. The molecule has 0 aromatic heterocycles. The van der Waals surface area contributed by atoms with Crippen molar-refractivity contribution in [3.8, 4) is 5.75 Å². The summed E-state index contributed by atoms with van der Waals surface area (Å²) in [6.07, 6.45) is -0.0904. The van der Waals surface area contributed by atoms with Crippen molar-refractivity contribution < 1.29 is 20.1 Å². The van der Waals surface area contributed by atoms with Gasteiger partial charge >= 0.3 is 5.97 Å². The van der Waals surface area contributed by atoms with Gasteiger partial charge in [-0.3, -0.25) is 0 Å². The summed E-state index contributed by atoms with van der Waals surface area (Å²) >= 11 is 3.28. The molecule has 1 atom stereocenters. The average molecular weight is 289 g/mol. The maximum absolute atomic E-state index is 10.7. The molecule has 0 aliphatic carbocycles. The molecule has 0 heterocycles. The number of halogens is 1. The number of hydrogen-bond donors (Lipinski definition) is 3. The van der Waals surface area contributed by atoms with Crippen molar-refractivity contribution in [2.75, 3.05) is 5.33 Å². The second-order valence-electron chi connectivity index (χ2n) is 3.42. The van der Waals surface area contributed by atoms with Gasteiger partial charge in [0.05, 0.1) is 0 Å². The van der Waals surface area contributed by atoms with Gasteiger partial charge < -0.3 is 15.3 Å². The molecule has 5 heteroatoms. The van der Waals surface area contributed by atoms with Crippen molar-refractivity contribution in [3.05, 3.63) is 29.3 Å². The van der Waals surface area contributed by atoms with Crippen LogP contribution in [0.15, 0.2) is 18.2 Å². The highest BCUT2D eigenvalue weighted by Gasteiger charge is 2.19. The number of rotatable bonds is 5. The number of aliphatic hydroxyl groups excluding tert-OH is 1. The van der Waals surface area contributed by atoms with Gasteiger partial charge in [0, 0.05) is 5.33 Å². The van der Waals surface area contributed by atoms with E-state index in [1.807, 2.05) is 0 Å². The Morgan fingerprint density at radius 3 is 2.69 bits per heavy atom. The smallest absolute Gasteiger partial charge is 0.337 e. The Hall–Kier alpha value is -1.07. The predicted molar refractivity (Wildman–Crippen MR) is 62.8 cm³/mol. The largest absolute Gasteiger partial charge is 0.508 e. The van der Waals surface area contributed by atoms with Gasteiger partial charge in [0.25, 0.3) is 0 Å². The molecule has 0 spiro atoms. The molecule has 0 bridgehead atoms. The van der Waals surface area contributed by atoms with Crippen molar-refractivity contribution in [2.45, 2.75) is 18.9 Å². The fraction of sp³-hybridized carbons (Fsp3) is 0.364. The fourth-order valence-electron chi connectivity index (χ4n) is 1.45. The minimum absolute atomic E-state index is 0.0436. The molecule has 0 saturated heterocycles. The van der Waals surface area contributed by atoms with Crippen LogP contribution in [0.5, 0.6) is 5.75 Å². The normalized spacial score (nSPS) is 12.4. The standard InChI is InChI=1S/C11H13BrO4/c12-5-1-2-7-3-4-8(13)6-9(7)10(14)11(15)16/h3-4,6,10,13-14H,1-2,5H2,(H,15,16). The number of hydrogen-bond acceptors (Lipinski definition) is 3. The zero-order valence-electron chi connectivity index (χ0n) is 8.56. The molecular formula is C11H13BrO4. The summed E-state index contributed by atoms with van der Waals surface area (Å²) in [5.74, 6) is -1.36. The van der Waals surface area contributed by atoms with Gasteiger partial charge in [-0.2, -0.15) is 0 Å². The molecule has 1 rings (SSSR count). The summed E-state index contributed by atoms with van der Waals surface area (Å²) in [4.78, 5) is 10.7. The Bertz CT molecular complexity index is 378. The molecule has 1 unspecified atom stereocenters. The minimum atomic E-state index is -1.59. The van der Waals surface area contributed by atoms with E-state index in [9.17, 15) is 15.0 Å². The topological polar surface area (TPSA) is 77.8 Å². The highest BCUT2D eigenvalue weighted by Crippen LogP contribution is 2.24. The molecule has 0 fully saturated rings. The van der Waals surface area contributed by atoms with E-state index in [4.69, 9.17) is 5.11 Å². The summed E-state index contributed by atoms with van der Waals surface area (Å²) in [5, 5.41) is 28.3. The second kappa shape index (κ2) is 5.86. The van der Waals surface area contributed by atoms with E-state index in [1.165, 1.54) is 12.1 Å². The third kappa shape index (κ3) is 3.21. The lowest BCUT2D eigenvalue weighted by Gasteiger charge is -2.12. The van der Waals surface area contributed by atoms with Gasteiger partial charge in [0.2, 0.25) is 0 Å². The quantitative estimate of drug-likeness (QED) is 0.723. The van der Waals surface area contributed by atoms with Crippen LogP contribution in [0, 0.1) is 0 Å².